The second-order valence-electron chi connectivity index (χ2n) is 6.09. The topological polar surface area (TPSA) is 64.0 Å². The first-order valence-corrected chi connectivity index (χ1v) is 8.40. The maximum atomic E-state index is 12.5. The number of hydrogen-bond acceptors (Lipinski definition) is 3. The van der Waals surface area contributed by atoms with Crippen molar-refractivity contribution in [1.29, 1.82) is 0 Å². The van der Waals surface area contributed by atoms with Crippen LogP contribution in [-0.4, -0.2) is 22.0 Å². The molecule has 0 radical (unpaired) electrons. The molecular formula is C20H21N3O2. The minimum atomic E-state index is -0.187. The van der Waals surface area contributed by atoms with Crippen molar-refractivity contribution in [1.82, 2.24) is 14.9 Å². The first kappa shape index (κ1) is 16.9. The SMILES string of the molecule is Cc1cccc2c(=O)n(CC(=O)NCCCc3ccccc3)cnc12. The van der Waals surface area contributed by atoms with Crippen molar-refractivity contribution in [3.63, 3.8) is 0 Å². The molecule has 5 heteroatoms. The van der Waals surface area contributed by atoms with E-state index in [9.17, 15) is 9.59 Å². The number of fused-ring (bicyclic) bond motifs is 1. The molecule has 25 heavy (non-hydrogen) atoms. The smallest absolute Gasteiger partial charge is 0.261 e. The molecule has 0 aliphatic rings. The summed E-state index contributed by atoms with van der Waals surface area (Å²) in [4.78, 5) is 28.9. The number of hydrogen-bond donors (Lipinski definition) is 1. The summed E-state index contributed by atoms with van der Waals surface area (Å²) in [5, 5.41) is 3.40. The van der Waals surface area contributed by atoms with Crippen LogP contribution in [0.1, 0.15) is 17.5 Å². The van der Waals surface area contributed by atoms with Crippen LogP contribution >= 0.6 is 0 Å². The first-order valence-electron chi connectivity index (χ1n) is 8.40. The van der Waals surface area contributed by atoms with E-state index >= 15 is 0 Å². The monoisotopic (exact) mass is 335 g/mol. The zero-order chi connectivity index (χ0) is 17.6. The summed E-state index contributed by atoms with van der Waals surface area (Å²) in [6, 6.07) is 15.6. The molecule has 0 fully saturated rings. The molecule has 128 valence electrons. The largest absolute Gasteiger partial charge is 0.355 e. The number of carbonyl (C=O) groups excluding carboxylic acids is 1. The third-order valence-corrected chi connectivity index (χ3v) is 4.18. The summed E-state index contributed by atoms with van der Waals surface area (Å²) in [5.41, 5.74) is 2.70. The molecule has 1 aromatic heterocycles. The molecule has 3 aromatic rings. The molecule has 0 saturated carbocycles. The van der Waals surface area contributed by atoms with Crippen molar-refractivity contribution in [2.75, 3.05) is 6.54 Å². The van der Waals surface area contributed by atoms with Crippen molar-refractivity contribution in [3.05, 3.63) is 76.3 Å². The van der Waals surface area contributed by atoms with Crippen LogP contribution in [0.15, 0.2) is 59.7 Å². The number of benzene rings is 2. The van der Waals surface area contributed by atoms with Gasteiger partial charge in [0.25, 0.3) is 5.56 Å². The van der Waals surface area contributed by atoms with Gasteiger partial charge in [-0.05, 0) is 37.0 Å². The van der Waals surface area contributed by atoms with E-state index in [2.05, 4.69) is 22.4 Å². The maximum Gasteiger partial charge on any atom is 0.261 e. The summed E-state index contributed by atoms with van der Waals surface area (Å²) < 4.78 is 1.36. The van der Waals surface area contributed by atoms with Gasteiger partial charge < -0.3 is 5.32 Å². The van der Waals surface area contributed by atoms with Crippen molar-refractivity contribution >= 4 is 16.8 Å². The highest BCUT2D eigenvalue weighted by molar-refractivity contribution is 5.81. The van der Waals surface area contributed by atoms with E-state index < -0.39 is 0 Å². The molecule has 1 amide bonds. The standard InChI is InChI=1S/C20H21N3O2/c1-15-7-5-11-17-19(15)22-14-23(20(17)25)13-18(24)21-12-6-10-16-8-3-2-4-9-16/h2-5,7-9,11,14H,6,10,12-13H2,1H3,(H,21,24). The Bertz CT molecular complexity index is 933. The number of para-hydroxylation sites is 1. The van der Waals surface area contributed by atoms with Crippen LogP contribution in [0, 0.1) is 6.92 Å². The van der Waals surface area contributed by atoms with Crippen LogP contribution in [-0.2, 0) is 17.8 Å². The molecule has 0 bridgehead atoms. The number of rotatable bonds is 6. The van der Waals surface area contributed by atoms with Gasteiger partial charge in [-0.25, -0.2) is 4.98 Å². The van der Waals surface area contributed by atoms with Gasteiger partial charge in [0.1, 0.15) is 6.54 Å². The van der Waals surface area contributed by atoms with Crippen molar-refractivity contribution in [2.45, 2.75) is 26.3 Å². The fourth-order valence-electron chi connectivity index (χ4n) is 2.83. The summed E-state index contributed by atoms with van der Waals surface area (Å²) in [6.07, 6.45) is 3.22. The number of nitrogens with zero attached hydrogens (tertiary/aromatic N) is 2. The average Bonchev–Trinajstić information content (AvgIpc) is 2.63. The fourth-order valence-corrected chi connectivity index (χ4v) is 2.83. The summed E-state index contributed by atoms with van der Waals surface area (Å²) in [6.45, 7) is 2.49. The van der Waals surface area contributed by atoms with Gasteiger partial charge in [0.05, 0.1) is 17.2 Å². The summed E-state index contributed by atoms with van der Waals surface area (Å²) >= 11 is 0. The lowest BCUT2D eigenvalue weighted by atomic mass is 10.1. The van der Waals surface area contributed by atoms with E-state index in [4.69, 9.17) is 0 Å². The van der Waals surface area contributed by atoms with Crippen LogP contribution in [0.25, 0.3) is 10.9 Å². The lowest BCUT2D eigenvalue weighted by Gasteiger charge is -2.09. The molecule has 0 aliphatic carbocycles. The van der Waals surface area contributed by atoms with Gasteiger partial charge in [0.15, 0.2) is 0 Å². The Hall–Kier alpha value is -2.95. The van der Waals surface area contributed by atoms with Gasteiger partial charge in [0, 0.05) is 6.54 Å². The van der Waals surface area contributed by atoms with Crippen LogP contribution < -0.4 is 10.9 Å². The Morgan fingerprint density at radius 3 is 2.72 bits per heavy atom. The average molecular weight is 335 g/mol. The van der Waals surface area contributed by atoms with E-state index in [1.807, 2.05) is 37.3 Å². The number of amides is 1. The number of nitrogens with one attached hydrogen (secondary N) is 1. The number of aryl methyl sites for hydroxylation is 2. The predicted molar refractivity (Wildman–Crippen MR) is 98.5 cm³/mol. The third kappa shape index (κ3) is 4.12. The number of carbonyl (C=O) groups is 1. The van der Waals surface area contributed by atoms with Crippen molar-refractivity contribution in [3.8, 4) is 0 Å². The van der Waals surface area contributed by atoms with Crippen LogP contribution in [0.3, 0.4) is 0 Å². The Morgan fingerprint density at radius 2 is 1.92 bits per heavy atom. The normalized spacial score (nSPS) is 10.8. The molecule has 0 aliphatic heterocycles. The van der Waals surface area contributed by atoms with E-state index in [1.165, 1.54) is 16.5 Å². The Labute approximate surface area is 146 Å². The summed E-state index contributed by atoms with van der Waals surface area (Å²) in [7, 11) is 0. The lowest BCUT2D eigenvalue weighted by Crippen LogP contribution is -2.33. The van der Waals surface area contributed by atoms with Crippen LogP contribution in [0.4, 0.5) is 0 Å². The van der Waals surface area contributed by atoms with Crippen LogP contribution in [0.2, 0.25) is 0 Å². The first-order chi connectivity index (χ1) is 12.1. The maximum absolute atomic E-state index is 12.5. The molecule has 0 unspecified atom stereocenters. The minimum absolute atomic E-state index is 0.0128. The van der Waals surface area contributed by atoms with E-state index in [-0.39, 0.29) is 18.0 Å². The third-order valence-electron chi connectivity index (χ3n) is 4.18. The molecule has 1 N–H and O–H groups in total. The van der Waals surface area contributed by atoms with Gasteiger partial charge in [-0.2, -0.15) is 0 Å². The minimum Gasteiger partial charge on any atom is -0.355 e. The molecule has 0 saturated heterocycles. The zero-order valence-corrected chi connectivity index (χ0v) is 14.2. The highest BCUT2D eigenvalue weighted by Gasteiger charge is 2.08. The second-order valence-corrected chi connectivity index (χ2v) is 6.09. The number of aromatic nitrogens is 2. The zero-order valence-electron chi connectivity index (χ0n) is 14.2. The molecule has 0 spiro atoms. The predicted octanol–water partition coefficient (Wildman–Crippen LogP) is 2.45. The Morgan fingerprint density at radius 1 is 1.12 bits per heavy atom. The molecule has 1 heterocycles. The van der Waals surface area contributed by atoms with Gasteiger partial charge >= 0.3 is 0 Å². The van der Waals surface area contributed by atoms with Gasteiger partial charge in [0.2, 0.25) is 5.91 Å². The Balaban J connectivity index is 1.57. The van der Waals surface area contributed by atoms with Gasteiger partial charge in [-0.1, -0.05) is 42.5 Å². The van der Waals surface area contributed by atoms with E-state index in [0.717, 1.165) is 18.4 Å². The van der Waals surface area contributed by atoms with E-state index in [0.29, 0.717) is 17.4 Å². The highest BCUT2D eigenvalue weighted by atomic mass is 16.2. The summed E-state index contributed by atoms with van der Waals surface area (Å²) in [5.74, 6) is -0.177. The second kappa shape index (κ2) is 7.75. The fraction of sp³-hybridized carbons (Fsp3) is 0.250. The van der Waals surface area contributed by atoms with Gasteiger partial charge in [-0.3, -0.25) is 14.2 Å². The Kier molecular flexibility index (Phi) is 5.23. The van der Waals surface area contributed by atoms with Crippen molar-refractivity contribution in [2.24, 2.45) is 0 Å². The molecule has 0 atom stereocenters. The lowest BCUT2D eigenvalue weighted by molar-refractivity contribution is -0.121. The quantitative estimate of drug-likeness (QED) is 0.704. The van der Waals surface area contributed by atoms with Crippen LogP contribution in [0.5, 0.6) is 0 Å². The molecular weight excluding hydrogens is 314 g/mol. The molecule has 2 aromatic carbocycles. The van der Waals surface area contributed by atoms with Crippen molar-refractivity contribution < 1.29 is 4.79 Å². The molecule has 3 rings (SSSR count). The molecule has 5 nitrogen and oxygen atoms in total. The van der Waals surface area contributed by atoms with E-state index in [1.54, 1.807) is 6.07 Å². The highest BCUT2D eigenvalue weighted by Crippen LogP contribution is 2.11. The van der Waals surface area contributed by atoms with Gasteiger partial charge in [-0.15, -0.1) is 0 Å².